The Morgan fingerprint density at radius 1 is 1.28 bits per heavy atom. The third-order valence-corrected chi connectivity index (χ3v) is 2.42. The lowest BCUT2D eigenvalue weighted by atomic mass is 10.0. The van der Waals surface area contributed by atoms with Crippen LogP contribution in [0.25, 0.3) is 11.3 Å². The highest BCUT2D eigenvalue weighted by Crippen LogP contribution is 2.22. The Morgan fingerprint density at radius 3 is 2.72 bits per heavy atom. The monoisotopic (exact) mass is 234 g/mol. The van der Waals surface area contributed by atoms with Crippen molar-refractivity contribution >= 4 is 5.95 Å². The molecule has 0 aliphatic carbocycles. The molecule has 1 N–H and O–H groups in total. The zero-order chi connectivity index (χ0) is 13.0. The van der Waals surface area contributed by atoms with Gasteiger partial charge in [-0.1, -0.05) is 24.1 Å². The van der Waals surface area contributed by atoms with Crippen molar-refractivity contribution in [1.82, 2.24) is 9.97 Å². The summed E-state index contributed by atoms with van der Waals surface area (Å²) >= 11 is 0. The quantitative estimate of drug-likeness (QED) is 0.808. The van der Waals surface area contributed by atoms with Crippen LogP contribution in [0.1, 0.15) is 11.3 Å². The van der Waals surface area contributed by atoms with Gasteiger partial charge < -0.3 is 5.32 Å². The molecule has 2 rings (SSSR count). The molecule has 0 bridgehead atoms. The molecule has 0 unspecified atom stereocenters. The van der Waals surface area contributed by atoms with E-state index >= 15 is 0 Å². The van der Waals surface area contributed by atoms with Gasteiger partial charge in [-0.25, -0.2) is 9.97 Å². The van der Waals surface area contributed by atoms with Crippen molar-refractivity contribution in [3.05, 3.63) is 41.6 Å². The molecule has 0 aliphatic heterocycles. The molecule has 0 amide bonds. The molecule has 1 aromatic heterocycles. The first-order chi connectivity index (χ1) is 8.78. The van der Waals surface area contributed by atoms with Gasteiger partial charge in [-0.05, 0) is 12.1 Å². The van der Waals surface area contributed by atoms with E-state index in [9.17, 15) is 0 Å². The molecule has 0 fully saturated rings. The predicted molar refractivity (Wildman–Crippen MR) is 69.7 cm³/mol. The van der Waals surface area contributed by atoms with Crippen molar-refractivity contribution in [3.8, 4) is 29.7 Å². The zero-order valence-electron chi connectivity index (χ0n) is 9.81. The van der Waals surface area contributed by atoms with Gasteiger partial charge in [-0.3, -0.25) is 0 Å². The minimum atomic E-state index is 0.438. The van der Waals surface area contributed by atoms with E-state index in [1.165, 1.54) is 0 Å². The van der Waals surface area contributed by atoms with Gasteiger partial charge in [-0.15, -0.1) is 6.42 Å². The third-order valence-electron chi connectivity index (χ3n) is 2.42. The minimum Gasteiger partial charge on any atom is -0.357 e. The second kappa shape index (κ2) is 4.99. The van der Waals surface area contributed by atoms with E-state index in [4.69, 9.17) is 11.7 Å². The number of nitriles is 1. The molecular formula is C14H10N4. The van der Waals surface area contributed by atoms with Crippen molar-refractivity contribution in [2.75, 3.05) is 12.4 Å². The van der Waals surface area contributed by atoms with Gasteiger partial charge in [-0.2, -0.15) is 5.26 Å². The van der Waals surface area contributed by atoms with Crippen molar-refractivity contribution < 1.29 is 0 Å². The summed E-state index contributed by atoms with van der Waals surface area (Å²) in [5.74, 6) is 2.91. The highest BCUT2D eigenvalue weighted by Gasteiger charge is 2.08. The van der Waals surface area contributed by atoms with E-state index in [1.54, 1.807) is 19.2 Å². The molecule has 4 nitrogen and oxygen atoms in total. The predicted octanol–water partition coefficient (Wildman–Crippen LogP) is 2.04. The Balaban J connectivity index is 2.64. The summed E-state index contributed by atoms with van der Waals surface area (Å²) in [6.07, 6.45) is 5.36. The average Bonchev–Trinajstić information content (AvgIpc) is 2.46. The van der Waals surface area contributed by atoms with Gasteiger partial charge in [0.15, 0.2) is 0 Å². The first-order valence-corrected chi connectivity index (χ1v) is 5.31. The number of rotatable bonds is 2. The van der Waals surface area contributed by atoms with Gasteiger partial charge in [0.25, 0.3) is 0 Å². The first kappa shape index (κ1) is 11.6. The summed E-state index contributed by atoms with van der Waals surface area (Å²) in [5.41, 5.74) is 2.42. The fourth-order valence-electron chi connectivity index (χ4n) is 1.57. The topological polar surface area (TPSA) is 61.6 Å². The normalized spacial score (nSPS) is 9.28. The molecule has 0 saturated heterocycles. The van der Waals surface area contributed by atoms with Gasteiger partial charge in [0, 0.05) is 12.6 Å². The summed E-state index contributed by atoms with van der Waals surface area (Å²) in [5, 5.41) is 11.9. The second-order valence-electron chi connectivity index (χ2n) is 3.51. The first-order valence-electron chi connectivity index (χ1n) is 5.31. The Hall–Kier alpha value is -2.85. The number of hydrogen-bond acceptors (Lipinski definition) is 4. The van der Waals surface area contributed by atoms with Crippen LogP contribution in [0.5, 0.6) is 0 Å². The summed E-state index contributed by atoms with van der Waals surface area (Å²) in [6, 6.07) is 11.1. The number of aromatic nitrogens is 2. The molecule has 0 radical (unpaired) electrons. The lowest BCUT2D eigenvalue weighted by molar-refractivity contribution is 1.14. The van der Waals surface area contributed by atoms with Crippen LogP contribution in [0.4, 0.5) is 5.95 Å². The number of hydrogen-bond donors (Lipinski definition) is 1. The van der Waals surface area contributed by atoms with Crippen molar-refractivity contribution in [2.24, 2.45) is 0 Å². The third kappa shape index (κ3) is 2.14. The maximum atomic E-state index is 9.08. The summed E-state index contributed by atoms with van der Waals surface area (Å²) in [7, 11) is 1.72. The van der Waals surface area contributed by atoms with Gasteiger partial charge in [0.1, 0.15) is 5.69 Å². The molecule has 0 saturated carbocycles. The van der Waals surface area contributed by atoms with Crippen LogP contribution in [0.15, 0.2) is 30.3 Å². The number of benzene rings is 1. The van der Waals surface area contributed by atoms with Gasteiger partial charge in [0.05, 0.1) is 17.3 Å². The minimum absolute atomic E-state index is 0.438. The van der Waals surface area contributed by atoms with E-state index < -0.39 is 0 Å². The fraction of sp³-hybridized carbons (Fsp3) is 0.0714. The standard InChI is InChI=1S/C14H10N4/c1-3-11-8-13(18-14(16-2)17-11)12-7-5-4-6-10(12)9-15/h1,4-8H,2H3,(H,16,17,18). The summed E-state index contributed by atoms with van der Waals surface area (Å²) < 4.78 is 0. The molecule has 86 valence electrons. The molecule has 0 spiro atoms. The molecule has 4 heteroatoms. The van der Waals surface area contributed by atoms with E-state index in [2.05, 4.69) is 27.3 Å². The zero-order valence-corrected chi connectivity index (χ0v) is 9.81. The van der Waals surface area contributed by atoms with Gasteiger partial charge >= 0.3 is 0 Å². The Kier molecular flexibility index (Phi) is 3.22. The van der Waals surface area contributed by atoms with E-state index in [0.29, 0.717) is 22.9 Å². The molecule has 0 atom stereocenters. The van der Waals surface area contributed by atoms with Crippen LogP contribution in [-0.2, 0) is 0 Å². The van der Waals surface area contributed by atoms with E-state index in [0.717, 1.165) is 5.56 Å². The van der Waals surface area contributed by atoms with Crippen LogP contribution in [-0.4, -0.2) is 17.0 Å². The lowest BCUT2D eigenvalue weighted by Gasteiger charge is -2.06. The SMILES string of the molecule is C#Cc1cc(-c2ccccc2C#N)nc(NC)n1. The van der Waals surface area contributed by atoms with Crippen LogP contribution < -0.4 is 5.32 Å². The molecule has 2 aromatic rings. The molecular weight excluding hydrogens is 224 g/mol. The molecule has 18 heavy (non-hydrogen) atoms. The van der Waals surface area contributed by atoms with Crippen LogP contribution in [0.3, 0.4) is 0 Å². The average molecular weight is 234 g/mol. The molecule has 0 aliphatic rings. The Labute approximate surface area is 105 Å². The number of nitrogens with one attached hydrogen (secondary N) is 1. The highest BCUT2D eigenvalue weighted by atomic mass is 15.1. The Bertz CT molecular complexity index is 662. The highest BCUT2D eigenvalue weighted by molar-refractivity contribution is 5.68. The Morgan fingerprint density at radius 2 is 2.06 bits per heavy atom. The number of nitrogens with zero attached hydrogens (tertiary/aromatic N) is 3. The van der Waals surface area contributed by atoms with Gasteiger partial charge in [0.2, 0.25) is 5.95 Å². The number of anilines is 1. The molecule has 1 aromatic carbocycles. The summed E-state index contributed by atoms with van der Waals surface area (Å²) in [4.78, 5) is 8.42. The van der Waals surface area contributed by atoms with Crippen molar-refractivity contribution in [1.29, 1.82) is 5.26 Å². The van der Waals surface area contributed by atoms with Crippen LogP contribution in [0.2, 0.25) is 0 Å². The number of terminal acetylenes is 1. The smallest absolute Gasteiger partial charge is 0.224 e. The fourth-order valence-corrected chi connectivity index (χ4v) is 1.57. The van der Waals surface area contributed by atoms with E-state index in [1.807, 2.05) is 18.2 Å². The van der Waals surface area contributed by atoms with Crippen molar-refractivity contribution in [2.45, 2.75) is 0 Å². The largest absolute Gasteiger partial charge is 0.357 e. The maximum absolute atomic E-state index is 9.08. The maximum Gasteiger partial charge on any atom is 0.224 e. The van der Waals surface area contributed by atoms with Crippen molar-refractivity contribution in [3.63, 3.8) is 0 Å². The lowest BCUT2D eigenvalue weighted by Crippen LogP contribution is -2.00. The van der Waals surface area contributed by atoms with Crippen LogP contribution in [0, 0.1) is 23.7 Å². The van der Waals surface area contributed by atoms with E-state index in [-0.39, 0.29) is 0 Å². The molecule has 1 heterocycles. The summed E-state index contributed by atoms with van der Waals surface area (Å²) in [6.45, 7) is 0. The van der Waals surface area contributed by atoms with Crippen LogP contribution >= 0.6 is 0 Å². The second-order valence-corrected chi connectivity index (χ2v) is 3.51.